The van der Waals surface area contributed by atoms with Gasteiger partial charge in [0.15, 0.2) is 12.6 Å². The van der Waals surface area contributed by atoms with E-state index in [0.29, 0.717) is 83.8 Å². The molecule has 1 amide bonds. The molecule has 6 fully saturated rings. The standard InChI is InChI=1S/C17H17N3O5S.C15H15N3O4S.C13H14O5S.C11H12O4S.C9H8O3.C8H11N3O3S.C4H8O2S2.3CH4.2HI.V/c1-11(21)18-13-7-8-20(17(23)19-13)14-10-26-15(25-14)9-24-16(22)12-5-3-2-4-6-12;16-11-6-7-18(15(20)17-11)12-9-23-13(22-12)8-21-14(19)10-4-2-1-3-5-10;1-9(14)17-11-8-19-12(18-11)7-16-13(15)10-5-3-2-4-6-10;12-9-7-16-10(15-9)6-14-11(13)8-4-2-1-3-5-8;10-6-7-12-9(11)8-4-2-1-3-5-8;9-5-1-2-11(8(13)10-5)6-4-15-7(3-12)14-6;5-3-1-7-4(6)2-8-3;;;;;;/h2-8,14-15H,9-10H2,1H3,(H,18,19,21,23);1-7,12-13H,8-9H2,(H2,16,17,20);2-6,11-12H,7-8H2,1H3;1-5,9-10,12H,6-7H2;1-6H,7H2;1-2,6-7,12H,3-4H2,(H2,9,10,13);3-6H,1-2H2;3*1H4;2*1H;/q;;;;;;;;;;;;+2/p-2. The van der Waals surface area contributed by atoms with Crippen LogP contribution in [0.3, 0.4) is 0 Å². The third-order valence-corrected chi connectivity index (χ3v) is 23.5. The number of anilines is 3. The van der Waals surface area contributed by atoms with Gasteiger partial charge in [0.1, 0.15) is 107 Å². The Labute approximate surface area is 779 Å². The fourth-order valence-corrected chi connectivity index (χ4v) is 16.6. The molecule has 0 spiro atoms. The molecule has 9 heterocycles. The van der Waals surface area contributed by atoms with Gasteiger partial charge in [-0.25, -0.2) is 38.4 Å². The van der Waals surface area contributed by atoms with Crippen LogP contribution in [-0.4, -0.2) is 228 Å². The van der Waals surface area contributed by atoms with Crippen LogP contribution in [0.2, 0.25) is 0 Å². The second-order valence-corrected chi connectivity index (χ2v) is 44.6. The normalized spacial score (nSPS) is 20.8. The number of carbonyl (C=O) groups is 8. The van der Waals surface area contributed by atoms with Gasteiger partial charge in [-0.15, -0.1) is 82.3 Å². The molecule has 12 unspecified atom stereocenters. The van der Waals surface area contributed by atoms with E-state index in [9.17, 15) is 52.7 Å². The number of aldehydes is 1. The molecule has 125 heavy (non-hydrogen) atoms. The molecule has 679 valence electrons. The van der Waals surface area contributed by atoms with Gasteiger partial charge in [-0.3, -0.25) is 28.1 Å². The molecule has 0 bridgehead atoms. The first-order valence-electron chi connectivity index (χ1n) is 36.3. The van der Waals surface area contributed by atoms with Gasteiger partial charge in [0, 0.05) is 67.0 Å². The summed E-state index contributed by atoms with van der Waals surface area (Å²) in [6, 6.07) is 48.1. The summed E-state index contributed by atoms with van der Waals surface area (Å²) in [4.78, 5) is 136. The number of hydrogen-bond acceptors (Lipinski definition) is 38. The zero-order chi connectivity index (χ0) is 88.1. The third-order valence-electron chi connectivity index (χ3n) is 15.5. The number of nitrogens with two attached hydrogens (primary N) is 2. The number of aromatic nitrogens is 6. The number of benzene rings is 5. The Bertz CT molecular complexity index is 4750. The predicted molar refractivity (Wildman–Crippen MR) is 496 cm³/mol. The number of halogens is 2. The summed E-state index contributed by atoms with van der Waals surface area (Å²) in [6.07, 6.45) is 2.54. The zero-order valence-electron chi connectivity index (χ0n) is 64.8. The van der Waals surface area contributed by atoms with Crippen LogP contribution in [0, 0.1) is 0 Å². The number of hydrogen-bond donors (Lipinski definition) is 7. The van der Waals surface area contributed by atoms with Crippen molar-refractivity contribution in [2.75, 3.05) is 96.7 Å². The molecule has 0 saturated carbocycles. The molecule has 0 radical (unpaired) electrons. The molecule has 12 atom stereocenters. The van der Waals surface area contributed by atoms with Crippen molar-refractivity contribution in [3.63, 3.8) is 0 Å². The van der Waals surface area contributed by atoms with Crippen LogP contribution >= 0.6 is 122 Å². The van der Waals surface area contributed by atoms with E-state index < -0.39 is 60.0 Å². The number of aliphatic hydroxyl groups excluding tert-OH is 4. The Hall–Kier alpha value is -7.57. The van der Waals surface area contributed by atoms with E-state index in [-0.39, 0.29) is 147 Å². The van der Waals surface area contributed by atoms with Gasteiger partial charge < -0.3 is 89.3 Å². The van der Waals surface area contributed by atoms with Crippen LogP contribution in [0.4, 0.5) is 17.5 Å². The number of nitrogens with one attached hydrogen (secondary N) is 1. The number of amides is 1. The molecule has 0 aliphatic carbocycles. The average Bonchev–Trinajstić information content (AvgIpc) is 1.79. The Morgan fingerprint density at radius 3 is 1.06 bits per heavy atom. The average molecular weight is 2130 g/mol. The molecule has 8 aromatic rings. The topological polar surface area (TPSA) is 488 Å². The van der Waals surface area contributed by atoms with E-state index in [1.54, 1.807) is 146 Å². The molecule has 3 aromatic heterocycles. The number of rotatable bonds is 21. The van der Waals surface area contributed by atoms with Gasteiger partial charge in [0.05, 0.1) is 40.2 Å². The van der Waals surface area contributed by atoms with Crippen molar-refractivity contribution >= 4 is 188 Å². The number of nitrogen functional groups attached to an aromatic ring is 2. The van der Waals surface area contributed by atoms with E-state index in [4.69, 9.17) is 79.3 Å². The first-order chi connectivity index (χ1) is 58.8. The van der Waals surface area contributed by atoms with Crippen molar-refractivity contribution in [2.24, 2.45) is 0 Å². The number of nitrogens with zero attached hydrogens (tertiary/aromatic N) is 6. The van der Waals surface area contributed by atoms with E-state index in [1.165, 1.54) is 128 Å². The van der Waals surface area contributed by atoms with Crippen molar-refractivity contribution in [3.8, 4) is 0 Å². The fraction of sp³-hybridized carbons (Fsp3) is 0.375. The van der Waals surface area contributed by atoms with Crippen molar-refractivity contribution < 1.29 is 120 Å². The minimum atomic E-state index is -0.745. The summed E-state index contributed by atoms with van der Waals surface area (Å²) in [7, 11) is 0.628. The van der Waals surface area contributed by atoms with Crippen molar-refractivity contribution in [1.82, 2.24) is 28.7 Å². The molecule has 6 saturated heterocycles. The second-order valence-electron chi connectivity index (χ2n) is 24.4. The number of aliphatic hydroxyl groups is 4. The van der Waals surface area contributed by atoms with Gasteiger partial charge in [0.2, 0.25) is 12.2 Å². The molecule has 14 rings (SSSR count). The summed E-state index contributed by atoms with van der Waals surface area (Å²) in [5.41, 5.74) is 9.83. The van der Waals surface area contributed by atoms with Crippen LogP contribution in [0.1, 0.15) is 107 Å². The van der Waals surface area contributed by atoms with Crippen LogP contribution in [0.25, 0.3) is 0 Å². The number of ether oxygens (including phenoxy) is 11. The van der Waals surface area contributed by atoms with Crippen LogP contribution in [0.5, 0.6) is 0 Å². The van der Waals surface area contributed by atoms with Crippen LogP contribution in [0.15, 0.2) is 203 Å². The third kappa shape index (κ3) is 41.2. The SMILES string of the molecule is C.C.C.CC(=O)Nc1ccn(C2CSC(COC(=O)c3ccccc3)O2)c(=O)n1.CC(=O)OC1CSC(COC(=O)c2ccccc2)O1.Nc1ccn(C2CSC(CO)O2)c(=O)n1.Nc1ccn(C2CSC(COC(=O)c3ccccc3)O2)c(=O)n1.O=C(OCC1OC(O)CS1)c1ccccc1.O=CCOC(=O)c1ccccc1.OC1CSC(O)CS1.[I][V][I]. The number of esters is 6. The van der Waals surface area contributed by atoms with Crippen LogP contribution in [-0.2, 0) is 76.0 Å². The van der Waals surface area contributed by atoms with Gasteiger partial charge in [-0.2, -0.15) is 15.0 Å². The van der Waals surface area contributed by atoms with E-state index in [1.807, 2.05) is 24.3 Å². The Morgan fingerprint density at radius 1 is 0.448 bits per heavy atom. The summed E-state index contributed by atoms with van der Waals surface area (Å²) in [6.45, 7) is 2.92. The van der Waals surface area contributed by atoms with E-state index in [2.05, 4.69) is 65.0 Å². The molecule has 9 N–H and O–H groups in total. The zero-order valence-corrected chi connectivity index (χ0v) is 76.2. The van der Waals surface area contributed by atoms with Gasteiger partial charge in [-0.05, 0) is 78.9 Å². The molecule has 35 nitrogen and oxygen atoms in total. The summed E-state index contributed by atoms with van der Waals surface area (Å²) >= 11 is 14.8. The first kappa shape index (κ1) is 110. The summed E-state index contributed by atoms with van der Waals surface area (Å²) in [5, 5.41) is 38.1. The summed E-state index contributed by atoms with van der Waals surface area (Å²) < 4.78 is 61.7. The molecule has 45 heteroatoms. The first-order valence-corrected chi connectivity index (χ1v) is 52.6. The van der Waals surface area contributed by atoms with E-state index >= 15 is 0 Å². The number of thioether (sulfide) groups is 7. The summed E-state index contributed by atoms with van der Waals surface area (Å²) in [5.74, 6) is 1.93. The van der Waals surface area contributed by atoms with Crippen molar-refractivity contribution in [1.29, 1.82) is 0 Å². The predicted octanol–water partition coefficient (Wildman–Crippen LogP) is 10.2. The van der Waals surface area contributed by atoms with Gasteiger partial charge >= 0.3 is 102 Å². The minimum absolute atomic E-state index is 0. The van der Waals surface area contributed by atoms with Gasteiger partial charge in [0.25, 0.3) is 0 Å². The monoisotopic (exact) mass is 2130 g/mol. The quantitative estimate of drug-likeness (QED) is 0.0152. The second kappa shape index (κ2) is 61.0. The fourth-order valence-electron chi connectivity index (χ4n) is 9.96. The Morgan fingerprint density at radius 2 is 0.760 bits per heavy atom. The Balaban J connectivity index is 0.000000310. The van der Waals surface area contributed by atoms with Crippen LogP contribution < -0.4 is 33.9 Å². The van der Waals surface area contributed by atoms with Crippen molar-refractivity contribution in [2.45, 2.75) is 105 Å². The van der Waals surface area contributed by atoms with E-state index in [0.717, 1.165) is 0 Å². The van der Waals surface area contributed by atoms with Crippen molar-refractivity contribution in [3.05, 3.63) is 248 Å². The Kier molecular flexibility index (Phi) is 53.6. The maximum atomic E-state index is 12.1. The molecule has 6 aliphatic rings. The molecule has 5 aromatic carbocycles. The molecular weight excluding hydrogens is 2030 g/mol. The molecular formula is C80H97I2N9O26S7V. The maximum absolute atomic E-state index is 12.1. The molecule has 6 aliphatic heterocycles. The number of carbonyl (C=O) groups excluding carboxylic acids is 8. The van der Waals surface area contributed by atoms with Gasteiger partial charge in [-0.1, -0.05) is 113 Å².